The third-order valence-corrected chi connectivity index (χ3v) is 6.28. The molecule has 0 aliphatic carbocycles. The molecule has 0 atom stereocenters. The quantitative estimate of drug-likeness (QED) is 0.0848. The minimum absolute atomic E-state index is 0.460. The molecule has 1 aromatic rings. The van der Waals surface area contributed by atoms with Crippen LogP contribution in [0, 0.1) is 0 Å². The largest absolute Gasteiger partial charge is 0.489 e. The van der Waals surface area contributed by atoms with Crippen molar-refractivity contribution in [3.63, 3.8) is 0 Å². The number of nitrogens with two attached hydrogens (primary N) is 1. The van der Waals surface area contributed by atoms with Gasteiger partial charge in [-0.3, -0.25) is 0 Å². The molecule has 0 spiro atoms. The highest BCUT2D eigenvalue weighted by atomic mass is 16.6. The lowest BCUT2D eigenvalue weighted by molar-refractivity contribution is -0.0128. The Morgan fingerprint density at radius 2 is 0.816 bits per heavy atom. The molecule has 2 N–H and O–H groups in total. The van der Waals surface area contributed by atoms with Crippen LogP contribution in [-0.4, -0.2) is 72.7 Å². The first-order valence-corrected chi connectivity index (χ1v) is 15.2. The number of rotatable bonds is 30. The standard InChI is InChI=1S/C31H57NO6/c1-2-3-4-5-6-7-8-9-10-11-12-13-16-19-33-20-21-34-22-23-35-24-25-36-26-27-37-28-29-38-31-18-15-14-17-30(31)32/h14-15,17-18H,2-13,16,19-29,32H2,1H3. The number of hydrogen-bond donors (Lipinski definition) is 1. The molecule has 1 aromatic carbocycles. The van der Waals surface area contributed by atoms with Crippen LogP contribution in [-0.2, 0) is 23.7 Å². The number of ether oxygens (including phenoxy) is 6. The van der Waals surface area contributed by atoms with Crippen LogP contribution in [0.2, 0.25) is 0 Å². The maximum Gasteiger partial charge on any atom is 0.142 e. The first kappa shape index (κ1) is 34.6. The predicted octanol–water partition coefficient (Wildman–Crippen LogP) is 6.82. The van der Waals surface area contributed by atoms with E-state index in [4.69, 9.17) is 34.2 Å². The van der Waals surface area contributed by atoms with E-state index in [1.165, 1.54) is 77.0 Å². The smallest absolute Gasteiger partial charge is 0.142 e. The summed E-state index contributed by atoms with van der Waals surface area (Å²) in [6.07, 6.45) is 17.9. The molecule has 0 unspecified atom stereocenters. The third-order valence-electron chi connectivity index (χ3n) is 6.28. The summed E-state index contributed by atoms with van der Waals surface area (Å²) in [5.74, 6) is 0.686. The molecular weight excluding hydrogens is 482 g/mol. The van der Waals surface area contributed by atoms with Crippen LogP contribution < -0.4 is 10.5 Å². The molecular formula is C31H57NO6. The van der Waals surface area contributed by atoms with Crippen LogP contribution in [0.3, 0.4) is 0 Å². The molecule has 0 saturated heterocycles. The highest BCUT2D eigenvalue weighted by Gasteiger charge is 1.99. The number of nitrogen functional groups attached to an aromatic ring is 1. The third kappa shape index (κ3) is 23.7. The van der Waals surface area contributed by atoms with E-state index in [0.717, 1.165) is 13.0 Å². The molecule has 0 bridgehead atoms. The summed E-state index contributed by atoms with van der Waals surface area (Å²) in [7, 11) is 0. The van der Waals surface area contributed by atoms with Crippen molar-refractivity contribution in [2.75, 3.05) is 78.4 Å². The van der Waals surface area contributed by atoms with Gasteiger partial charge in [-0.15, -0.1) is 0 Å². The Morgan fingerprint density at radius 1 is 0.447 bits per heavy atom. The second-order valence-corrected chi connectivity index (χ2v) is 9.69. The minimum Gasteiger partial charge on any atom is -0.489 e. The summed E-state index contributed by atoms with van der Waals surface area (Å²) in [5, 5.41) is 0. The summed E-state index contributed by atoms with van der Waals surface area (Å²) < 4.78 is 33.2. The molecule has 0 aromatic heterocycles. The average Bonchev–Trinajstić information content (AvgIpc) is 2.93. The second kappa shape index (κ2) is 28.6. The maximum absolute atomic E-state index is 5.82. The van der Waals surface area contributed by atoms with Crippen molar-refractivity contribution in [1.82, 2.24) is 0 Å². The SMILES string of the molecule is CCCCCCCCCCCCCCCOCCOCCOCCOCCOCCOc1ccccc1N. The van der Waals surface area contributed by atoms with Crippen molar-refractivity contribution in [3.8, 4) is 5.75 Å². The van der Waals surface area contributed by atoms with Gasteiger partial charge in [-0.2, -0.15) is 0 Å². The Hall–Kier alpha value is -1.38. The van der Waals surface area contributed by atoms with Crippen molar-refractivity contribution in [2.24, 2.45) is 0 Å². The van der Waals surface area contributed by atoms with Gasteiger partial charge in [-0.1, -0.05) is 96.1 Å². The minimum atomic E-state index is 0.460. The number of hydrogen-bond acceptors (Lipinski definition) is 7. The van der Waals surface area contributed by atoms with Crippen LogP contribution in [0.15, 0.2) is 24.3 Å². The zero-order valence-corrected chi connectivity index (χ0v) is 24.3. The van der Waals surface area contributed by atoms with Crippen molar-refractivity contribution in [2.45, 2.75) is 90.4 Å². The molecule has 1 rings (SSSR count). The van der Waals surface area contributed by atoms with E-state index in [-0.39, 0.29) is 0 Å². The number of unbranched alkanes of at least 4 members (excludes halogenated alkanes) is 12. The number of benzene rings is 1. The van der Waals surface area contributed by atoms with Crippen LogP contribution in [0.4, 0.5) is 5.69 Å². The lowest BCUT2D eigenvalue weighted by atomic mass is 10.0. The average molecular weight is 540 g/mol. The Bertz CT molecular complexity index is 603. The lowest BCUT2D eigenvalue weighted by Crippen LogP contribution is -2.14. The van der Waals surface area contributed by atoms with E-state index in [0.29, 0.717) is 77.5 Å². The molecule has 0 fully saturated rings. The van der Waals surface area contributed by atoms with Gasteiger partial charge < -0.3 is 34.2 Å². The summed E-state index contributed by atoms with van der Waals surface area (Å²) in [5.41, 5.74) is 6.45. The summed E-state index contributed by atoms with van der Waals surface area (Å²) >= 11 is 0. The van der Waals surface area contributed by atoms with E-state index in [9.17, 15) is 0 Å². The fraction of sp³-hybridized carbons (Fsp3) is 0.806. The van der Waals surface area contributed by atoms with E-state index >= 15 is 0 Å². The Balaban J connectivity index is 1.65. The number of anilines is 1. The molecule has 7 nitrogen and oxygen atoms in total. The number of para-hydroxylation sites is 2. The zero-order chi connectivity index (χ0) is 27.2. The van der Waals surface area contributed by atoms with Crippen molar-refractivity contribution < 1.29 is 28.4 Å². The van der Waals surface area contributed by atoms with Crippen LogP contribution in [0.1, 0.15) is 90.4 Å². The molecule has 0 amide bonds. The van der Waals surface area contributed by atoms with Gasteiger partial charge >= 0.3 is 0 Å². The first-order chi connectivity index (χ1) is 18.8. The van der Waals surface area contributed by atoms with Gasteiger partial charge in [-0.25, -0.2) is 0 Å². The fourth-order valence-electron chi connectivity index (χ4n) is 4.03. The summed E-state index contributed by atoms with van der Waals surface area (Å²) in [6, 6.07) is 7.43. The highest BCUT2D eigenvalue weighted by Crippen LogP contribution is 2.19. The Morgan fingerprint density at radius 3 is 1.26 bits per heavy atom. The van der Waals surface area contributed by atoms with Gasteiger partial charge in [0.25, 0.3) is 0 Å². The van der Waals surface area contributed by atoms with E-state index in [1.54, 1.807) is 0 Å². The molecule has 0 radical (unpaired) electrons. The van der Waals surface area contributed by atoms with Gasteiger partial charge in [0.15, 0.2) is 0 Å². The summed E-state index contributed by atoms with van der Waals surface area (Å²) in [4.78, 5) is 0. The molecule has 7 heteroatoms. The molecule has 0 aliphatic rings. The van der Waals surface area contributed by atoms with Gasteiger partial charge in [-0.05, 0) is 18.6 Å². The fourth-order valence-corrected chi connectivity index (χ4v) is 4.03. The molecule has 0 heterocycles. The van der Waals surface area contributed by atoms with Crippen LogP contribution >= 0.6 is 0 Å². The van der Waals surface area contributed by atoms with E-state index < -0.39 is 0 Å². The van der Waals surface area contributed by atoms with E-state index in [2.05, 4.69) is 6.92 Å². The summed E-state index contributed by atoms with van der Waals surface area (Å²) in [6.45, 7) is 8.65. The Labute approximate surface area is 233 Å². The highest BCUT2D eigenvalue weighted by molar-refractivity contribution is 5.51. The molecule has 38 heavy (non-hydrogen) atoms. The molecule has 222 valence electrons. The van der Waals surface area contributed by atoms with Gasteiger partial charge in [0.05, 0.1) is 65.1 Å². The predicted molar refractivity (Wildman–Crippen MR) is 156 cm³/mol. The van der Waals surface area contributed by atoms with E-state index in [1.807, 2.05) is 24.3 Å². The normalized spacial score (nSPS) is 11.3. The van der Waals surface area contributed by atoms with Gasteiger partial charge in [0.2, 0.25) is 0 Å². The molecule has 0 aliphatic heterocycles. The molecule has 0 saturated carbocycles. The maximum atomic E-state index is 5.82. The second-order valence-electron chi connectivity index (χ2n) is 9.69. The van der Waals surface area contributed by atoms with Crippen LogP contribution in [0.5, 0.6) is 5.75 Å². The topological polar surface area (TPSA) is 81.4 Å². The lowest BCUT2D eigenvalue weighted by Gasteiger charge is -2.09. The first-order valence-electron chi connectivity index (χ1n) is 15.2. The van der Waals surface area contributed by atoms with Crippen molar-refractivity contribution in [1.29, 1.82) is 0 Å². The van der Waals surface area contributed by atoms with Crippen LogP contribution in [0.25, 0.3) is 0 Å². The Kier molecular flexibility index (Phi) is 26.1. The van der Waals surface area contributed by atoms with Crippen molar-refractivity contribution >= 4 is 5.69 Å². The monoisotopic (exact) mass is 539 g/mol. The van der Waals surface area contributed by atoms with Gasteiger partial charge in [0, 0.05) is 6.61 Å². The zero-order valence-electron chi connectivity index (χ0n) is 24.3. The van der Waals surface area contributed by atoms with Crippen molar-refractivity contribution in [3.05, 3.63) is 24.3 Å². The van der Waals surface area contributed by atoms with Gasteiger partial charge in [0.1, 0.15) is 12.4 Å².